The Morgan fingerprint density at radius 1 is 1.67 bits per heavy atom. The summed E-state index contributed by atoms with van der Waals surface area (Å²) >= 11 is 5.74. The molecule has 0 fully saturated rings. The monoisotopic (exact) mass is 224 g/mol. The second-order valence-electron chi connectivity index (χ2n) is 3.21. The van der Waals surface area contributed by atoms with Crippen LogP contribution in [0.4, 0.5) is 5.69 Å². The molecule has 0 aromatic heterocycles. The number of benzene rings is 1. The molecule has 4 heteroatoms. The van der Waals surface area contributed by atoms with Crippen molar-refractivity contribution in [1.29, 1.82) is 0 Å². The van der Waals surface area contributed by atoms with Crippen LogP contribution >= 0.6 is 11.6 Å². The van der Waals surface area contributed by atoms with Crippen molar-refractivity contribution in [2.45, 2.75) is 0 Å². The molecule has 0 heterocycles. The first kappa shape index (κ1) is 11.6. The quantitative estimate of drug-likeness (QED) is 0.632. The van der Waals surface area contributed by atoms with Crippen LogP contribution in [0.1, 0.15) is 10.4 Å². The van der Waals surface area contributed by atoms with Gasteiger partial charge in [-0.1, -0.05) is 17.7 Å². The molecular formula is C11H13ClN2O. The minimum absolute atomic E-state index is 0.135. The fourth-order valence-electron chi connectivity index (χ4n) is 1.21. The number of anilines is 1. The van der Waals surface area contributed by atoms with Gasteiger partial charge in [-0.25, -0.2) is 0 Å². The second-order valence-corrected chi connectivity index (χ2v) is 3.64. The van der Waals surface area contributed by atoms with Gasteiger partial charge in [-0.3, -0.25) is 4.79 Å². The van der Waals surface area contributed by atoms with Gasteiger partial charge in [0.25, 0.3) is 5.91 Å². The molecule has 0 radical (unpaired) electrons. The van der Waals surface area contributed by atoms with Gasteiger partial charge >= 0.3 is 0 Å². The van der Waals surface area contributed by atoms with Gasteiger partial charge in [0.15, 0.2) is 0 Å². The number of nitrogens with two attached hydrogens (primary N) is 1. The highest BCUT2D eigenvalue weighted by atomic mass is 35.5. The molecule has 0 aliphatic heterocycles. The molecule has 0 atom stereocenters. The number of carbonyl (C=O) groups is 1. The normalized spacial score (nSPS) is 9.73. The smallest absolute Gasteiger partial charge is 0.255 e. The van der Waals surface area contributed by atoms with Crippen LogP contribution < -0.4 is 5.73 Å². The Morgan fingerprint density at radius 3 is 2.87 bits per heavy atom. The number of halogens is 1. The molecule has 0 aliphatic carbocycles. The minimum atomic E-state index is -0.135. The zero-order valence-corrected chi connectivity index (χ0v) is 9.29. The summed E-state index contributed by atoms with van der Waals surface area (Å²) in [4.78, 5) is 13.4. The lowest BCUT2D eigenvalue weighted by Gasteiger charge is -2.16. The predicted octanol–water partition coefficient (Wildman–Crippen LogP) is 2.18. The Morgan fingerprint density at radius 2 is 2.33 bits per heavy atom. The maximum atomic E-state index is 11.8. The molecule has 1 rings (SSSR count). The SMILES string of the molecule is C=CCN(C)C(=O)c1ccc(Cl)cc1N. The average molecular weight is 225 g/mol. The molecule has 0 saturated heterocycles. The summed E-state index contributed by atoms with van der Waals surface area (Å²) in [7, 11) is 1.69. The van der Waals surface area contributed by atoms with Crippen LogP contribution in [0.15, 0.2) is 30.9 Å². The van der Waals surface area contributed by atoms with Crippen LogP contribution in [-0.4, -0.2) is 24.4 Å². The molecule has 3 nitrogen and oxygen atoms in total. The summed E-state index contributed by atoms with van der Waals surface area (Å²) < 4.78 is 0. The van der Waals surface area contributed by atoms with Crippen molar-refractivity contribution >= 4 is 23.2 Å². The van der Waals surface area contributed by atoms with Crippen molar-refractivity contribution in [3.8, 4) is 0 Å². The molecule has 0 saturated carbocycles. The number of amides is 1. The first-order chi connectivity index (χ1) is 7.06. The summed E-state index contributed by atoms with van der Waals surface area (Å²) in [5.74, 6) is -0.135. The van der Waals surface area contributed by atoms with Crippen molar-refractivity contribution in [1.82, 2.24) is 4.90 Å². The van der Waals surface area contributed by atoms with Crippen LogP contribution in [0.2, 0.25) is 5.02 Å². The Labute approximate surface area is 94.1 Å². The van der Waals surface area contributed by atoms with Crippen LogP contribution in [-0.2, 0) is 0 Å². The maximum absolute atomic E-state index is 11.8. The van der Waals surface area contributed by atoms with Crippen molar-refractivity contribution in [2.24, 2.45) is 0 Å². The van der Waals surface area contributed by atoms with Gasteiger partial charge < -0.3 is 10.6 Å². The summed E-state index contributed by atoms with van der Waals surface area (Å²) in [6, 6.07) is 4.84. The van der Waals surface area contributed by atoms with Crippen molar-refractivity contribution < 1.29 is 4.79 Å². The number of nitrogens with zero attached hydrogens (tertiary/aromatic N) is 1. The van der Waals surface area contributed by atoms with Gasteiger partial charge in [0.1, 0.15) is 0 Å². The van der Waals surface area contributed by atoms with Gasteiger partial charge in [-0.05, 0) is 18.2 Å². The molecule has 0 spiro atoms. The van der Waals surface area contributed by atoms with Crippen LogP contribution in [0.25, 0.3) is 0 Å². The number of rotatable bonds is 3. The van der Waals surface area contributed by atoms with E-state index >= 15 is 0 Å². The molecule has 1 amide bonds. The van der Waals surface area contributed by atoms with E-state index in [1.165, 1.54) is 4.90 Å². The number of hydrogen-bond donors (Lipinski definition) is 1. The third kappa shape index (κ3) is 2.73. The van der Waals surface area contributed by atoms with Crippen molar-refractivity contribution in [3.63, 3.8) is 0 Å². The highest BCUT2D eigenvalue weighted by Crippen LogP contribution is 2.19. The van der Waals surface area contributed by atoms with Crippen molar-refractivity contribution in [3.05, 3.63) is 41.4 Å². The molecule has 1 aromatic rings. The first-order valence-electron chi connectivity index (χ1n) is 4.47. The lowest BCUT2D eigenvalue weighted by molar-refractivity contribution is 0.0811. The van der Waals surface area contributed by atoms with Crippen molar-refractivity contribution in [2.75, 3.05) is 19.3 Å². The fraction of sp³-hybridized carbons (Fsp3) is 0.182. The van der Waals surface area contributed by atoms with E-state index in [0.717, 1.165) is 0 Å². The van der Waals surface area contributed by atoms with Crippen LogP contribution in [0.5, 0.6) is 0 Å². The summed E-state index contributed by atoms with van der Waals surface area (Å²) in [6.07, 6.45) is 1.66. The predicted molar refractivity (Wildman–Crippen MR) is 63.0 cm³/mol. The third-order valence-corrected chi connectivity index (χ3v) is 2.23. The molecular weight excluding hydrogens is 212 g/mol. The van der Waals surface area contributed by atoms with E-state index < -0.39 is 0 Å². The highest BCUT2D eigenvalue weighted by Gasteiger charge is 2.13. The average Bonchev–Trinajstić information content (AvgIpc) is 2.17. The Hall–Kier alpha value is -1.48. The number of carbonyl (C=O) groups excluding carboxylic acids is 1. The summed E-state index contributed by atoms with van der Waals surface area (Å²) in [6.45, 7) is 4.05. The molecule has 0 aliphatic rings. The lowest BCUT2D eigenvalue weighted by atomic mass is 10.1. The van der Waals surface area contributed by atoms with E-state index in [4.69, 9.17) is 17.3 Å². The van der Waals surface area contributed by atoms with E-state index in [0.29, 0.717) is 22.8 Å². The Balaban J connectivity index is 2.96. The van der Waals surface area contributed by atoms with Crippen LogP contribution in [0.3, 0.4) is 0 Å². The van der Waals surface area contributed by atoms with Gasteiger partial charge in [0, 0.05) is 24.3 Å². The molecule has 1 aromatic carbocycles. The molecule has 0 bridgehead atoms. The zero-order valence-electron chi connectivity index (χ0n) is 8.53. The third-order valence-electron chi connectivity index (χ3n) is 1.99. The van der Waals surface area contributed by atoms with E-state index in [9.17, 15) is 4.79 Å². The minimum Gasteiger partial charge on any atom is -0.398 e. The van der Waals surface area contributed by atoms with Gasteiger partial charge in [-0.15, -0.1) is 6.58 Å². The van der Waals surface area contributed by atoms with Gasteiger partial charge in [-0.2, -0.15) is 0 Å². The maximum Gasteiger partial charge on any atom is 0.255 e. The molecule has 80 valence electrons. The van der Waals surface area contributed by atoms with E-state index in [-0.39, 0.29) is 5.91 Å². The number of likely N-dealkylation sites (N-methyl/N-ethyl adjacent to an activating group) is 1. The second kappa shape index (κ2) is 4.84. The van der Waals surface area contributed by atoms with Crippen LogP contribution in [0, 0.1) is 0 Å². The van der Waals surface area contributed by atoms with E-state index in [1.54, 1.807) is 31.3 Å². The lowest BCUT2D eigenvalue weighted by Crippen LogP contribution is -2.27. The van der Waals surface area contributed by atoms with E-state index in [1.807, 2.05) is 0 Å². The molecule has 15 heavy (non-hydrogen) atoms. The highest BCUT2D eigenvalue weighted by molar-refractivity contribution is 6.31. The first-order valence-corrected chi connectivity index (χ1v) is 4.85. The van der Waals surface area contributed by atoms with E-state index in [2.05, 4.69) is 6.58 Å². The molecule has 2 N–H and O–H groups in total. The number of hydrogen-bond acceptors (Lipinski definition) is 2. The number of nitrogen functional groups attached to an aromatic ring is 1. The molecule has 0 unspecified atom stereocenters. The fourth-order valence-corrected chi connectivity index (χ4v) is 1.39. The Bertz CT molecular complexity index is 390. The zero-order chi connectivity index (χ0) is 11.4. The summed E-state index contributed by atoms with van der Waals surface area (Å²) in [5.41, 5.74) is 6.55. The Kier molecular flexibility index (Phi) is 3.74. The largest absolute Gasteiger partial charge is 0.398 e. The van der Waals surface area contributed by atoms with Gasteiger partial charge in [0.05, 0.1) is 5.56 Å². The topological polar surface area (TPSA) is 46.3 Å². The standard InChI is InChI=1S/C11H13ClN2O/c1-3-6-14(2)11(15)9-5-4-8(12)7-10(9)13/h3-5,7H,1,6,13H2,2H3. The van der Waals surface area contributed by atoms with Gasteiger partial charge in [0.2, 0.25) is 0 Å². The summed E-state index contributed by atoms with van der Waals surface area (Å²) in [5, 5.41) is 0.524.